The number of fused-ring (bicyclic) bond motifs is 3. The summed E-state index contributed by atoms with van der Waals surface area (Å²) in [5.74, 6) is 0.850. The number of aryl methyl sites for hydroxylation is 1. The number of benzene rings is 4. The molecule has 4 aromatic carbocycles. The van der Waals surface area contributed by atoms with Crippen molar-refractivity contribution in [2.24, 2.45) is 0 Å². The molecule has 43 heavy (non-hydrogen) atoms. The van der Waals surface area contributed by atoms with Gasteiger partial charge in [-0.2, -0.15) is 0 Å². The highest BCUT2D eigenvalue weighted by molar-refractivity contribution is 6.10. The number of nitrogens with zero attached hydrogens (tertiary/aromatic N) is 3. The summed E-state index contributed by atoms with van der Waals surface area (Å²) in [6, 6.07) is 21.6. The van der Waals surface area contributed by atoms with E-state index in [1.165, 1.54) is 45.6 Å². The highest BCUT2D eigenvalue weighted by Crippen LogP contribution is 2.40. The first-order chi connectivity index (χ1) is 20.9. The molecule has 0 amide bonds. The van der Waals surface area contributed by atoms with Crippen molar-refractivity contribution in [1.29, 1.82) is 0 Å². The maximum atomic E-state index is 12.0. The van der Waals surface area contributed by atoms with Gasteiger partial charge in [-0.05, 0) is 53.9 Å². The van der Waals surface area contributed by atoms with Crippen LogP contribution in [0.1, 0.15) is 45.4 Å². The molecule has 9 heteroatoms. The van der Waals surface area contributed by atoms with Crippen LogP contribution >= 0.6 is 0 Å². The number of nitro groups is 2. The Labute approximate surface area is 250 Å². The van der Waals surface area contributed by atoms with Crippen LogP contribution in [0.15, 0.2) is 72.8 Å². The summed E-state index contributed by atoms with van der Waals surface area (Å²) in [5.41, 5.74) is 4.38. The van der Waals surface area contributed by atoms with E-state index in [1.54, 1.807) is 24.3 Å². The molecule has 222 valence electrons. The van der Waals surface area contributed by atoms with Gasteiger partial charge in [0.2, 0.25) is 0 Å². The molecule has 0 spiro atoms. The van der Waals surface area contributed by atoms with Gasteiger partial charge in [0.25, 0.3) is 11.4 Å². The fourth-order valence-electron chi connectivity index (χ4n) is 5.79. The molecule has 0 bridgehead atoms. The SMILES string of the molecule is CCCCCCCCn1c2cc(-c3ccc(OC)cc3[N+](=O)[O-])ccc2c2ccc(-c3ccc(OC)cc3[N+](=O)[O-])cc21. The van der Waals surface area contributed by atoms with Crippen molar-refractivity contribution in [3.05, 3.63) is 93.0 Å². The second-order valence-corrected chi connectivity index (χ2v) is 10.7. The van der Waals surface area contributed by atoms with E-state index in [0.29, 0.717) is 22.6 Å². The maximum Gasteiger partial charge on any atom is 0.280 e. The predicted octanol–water partition coefficient (Wildman–Crippen LogP) is 9.32. The predicted molar refractivity (Wildman–Crippen MR) is 170 cm³/mol. The Balaban J connectivity index is 1.66. The topological polar surface area (TPSA) is 110 Å². The first-order valence-electron chi connectivity index (χ1n) is 14.6. The number of methoxy groups -OCH3 is 2. The fourth-order valence-corrected chi connectivity index (χ4v) is 5.79. The van der Waals surface area contributed by atoms with Crippen LogP contribution in [0.3, 0.4) is 0 Å². The molecular weight excluding hydrogens is 546 g/mol. The van der Waals surface area contributed by atoms with Crippen LogP contribution < -0.4 is 9.47 Å². The largest absolute Gasteiger partial charge is 0.497 e. The molecule has 0 N–H and O–H groups in total. The zero-order valence-electron chi connectivity index (χ0n) is 24.7. The van der Waals surface area contributed by atoms with E-state index < -0.39 is 0 Å². The number of unbranched alkanes of at least 4 members (excludes halogenated alkanes) is 5. The van der Waals surface area contributed by atoms with E-state index in [0.717, 1.165) is 58.7 Å². The lowest BCUT2D eigenvalue weighted by molar-refractivity contribution is -0.384. The van der Waals surface area contributed by atoms with Crippen LogP contribution in [-0.4, -0.2) is 28.6 Å². The second-order valence-electron chi connectivity index (χ2n) is 10.7. The average Bonchev–Trinajstić information content (AvgIpc) is 3.33. The lowest BCUT2D eigenvalue weighted by Crippen LogP contribution is -1.99. The zero-order chi connectivity index (χ0) is 30.5. The molecule has 0 saturated heterocycles. The van der Waals surface area contributed by atoms with Gasteiger partial charge >= 0.3 is 0 Å². The summed E-state index contributed by atoms with van der Waals surface area (Å²) in [5, 5.41) is 26.0. The summed E-state index contributed by atoms with van der Waals surface area (Å²) in [4.78, 5) is 23.1. The first-order valence-corrected chi connectivity index (χ1v) is 14.6. The molecule has 5 rings (SSSR count). The van der Waals surface area contributed by atoms with Gasteiger partial charge in [0.05, 0.1) is 47.3 Å². The number of rotatable bonds is 13. The molecular formula is C34H35N3O6. The van der Waals surface area contributed by atoms with E-state index in [-0.39, 0.29) is 21.2 Å². The zero-order valence-corrected chi connectivity index (χ0v) is 24.7. The molecule has 0 saturated carbocycles. The summed E-state index contributed by atoms with van der Waals surface area (Å²) in [6.07, 6.45) is 6.85. The fraction of sp³-hybridized carbons (Fsp3) is 0.294. The Bertz CT molecular complexity index is 1690. The van der Waals surface area contributed by atoms with Crippen LogP contribution in [0.5, 0.6) is 11.5 Å². The number of hydrogen-bond acceptors (Lipinski definition) is 6. The Hall–Kier alpha value is -4.92. The Morgan fingerprint density at radius 1 is 0.628 bits per heavy atom. The molecule has 0 atom stereocenters. The van der Waals surface area contributed by atoms with Crippen LogP contribution in [0.2, 0.25) is 0 Å². The van der Waals surface area contributed by atoms with Crippen molar-refractivity contribution in [1.82, 2.24) is 4.57 Å². The minimum atomic E-state index is -0.387. The molecule has 0 aliphatic carbocycles. The Morgan fingerprint density at radius 2 is 1.09 bits per heavy atom. The average molecular weight is 582 g/mol. The summed E-state index contributed by atoms with van der Waals surface area (Å²) in [6.45, 7) is 2.96. The van der Waals surface area contributed by atoms with Crippen molar-refractivity contribution in [3.8, 4) is 33.8 Å². The summed E-state index contributed by atoms with van der Waals surface area (Å²) < 4.78 is 12.7. The van der Waals surface area contributed by atoms with Crippen molar-refractivity contribution < 1.29 is 19.3 Å². The van der Waals surface area contributed by atoms with E-state index >= 15 is 0 Å². The molecule has 0 fully saturated rings. The third-order valence-corrected chi connectivity index (χ3v) is 8.03. The minimum absolute atomic E-state index is 0.0219. The second kappa shape index (κ2) is 12.9. The van der Waals surface area contributed by atoms with Gasteiger partial charge in [-0.15, -0.1) is 0 Å². The molecule has 0 aliphatic rings. The van der Waals surface area contributed by atoms with Gasteiger partial charge in [0.15, 0.2) is 0 Å². The lowest BCUT2D eigenvalue weighted by Gasteiger charge is -2.11. The van der Waals surface area contributed by atoms with E-state index in [2.05, 4.69) is 11.5 Å². The van der Waals surface area contributed by atoms with Crippen molar-refractivity contribution in [3.63, 3.8) is 0 Å². The number of ether oxygens (including phenoxy) is 2. The van der Waals surface area contributed by atoms with Crippen LogP contribution in [0.4, 0.5) is 11.4 Å². The highest BCUT2D eigenvalue weighted by Gasteiger charge is 2.21. The molecule has 1 heterocycles. The van der Waals surface area contributed by atoms with Gasteiger partial charge in [-0.1, -0.05) is 63.3 Å². The third-order valence-electron chi connectivity index (χ3n) is 8.03. The number of nitro benzene ring substituents is 2. The normalized spacial score (nSPS) is 11.2. The van der Waals surface area contributed by atoms with Gasteiger partial charge in [-0.3, -0.25) is 20.2 Å². The third kappa shape index (κ3) is 6.02. The molecule has 0 aliphatic heterocycles. The van der Waals surface area contributed by atoms with Crippen molar-refractivity contribution >= 4 is 33.2 Å². The summed E-state index contributed by atoms with van der Waals surface area (Å²) >= 11 is 0. The van der Waals surface area contributed by atoms with Gasteiger partial charge in [0, 0.05) is 28.4 Å². The number of hydrogen-bond donors (Lipinski definition) is 0. The van der Waals surface area contributed by atoms with Gasteiger partial charge in [-0.25, -0.2) is 0 Å². The molecule has 9 nitrogen and oxygen atoms in total. The first kappa shape index (κ1) is 29.6. The smallest absolute Gasteiger partial charge is 0.280 e. The molecule has 1 aromatic heterocycles. The van der Waals surface area contributed by atoms with E-state index in [9.17, 15) is 20.2 Å². The monoisotopic (exact) mass is 581 g/mol. The lowest BCUT2D eigenvalue weighted by atomic mass is 10.00. The summed E-state index contributed by atoms with van der Waals surface area (Å²) in [7, 11) is 2.97. The van der Waals surface area contributed by atoms with Crippen LogP contribution in [0, 0.1) is 20.2 Å². The quantitative estimate of drug-likeness (QED) is 0.0778. The van der Waals surface area contributed by atoms with Crippen molar-refractivity contribution in [2.75, 3.05) is 14.2 Å². The molecule has 0 unspecified atom stereocenters. The highest BCUT2D eigenvalue weighted by atomic mass is 16.6. The number of aromatic nitrogens is 1. The molecule has 5 aromatic rings. The van der Waals surface area contributed by atoms with Crippen molar-refractivity contribution in [2.45, 2.75) is 52.0 Å². The van der Waals surface area contributed by atoms with Gasteiger partial charge in [0.1, 0.15) is 11.5 Å². The van der Waals surface area contributed by atoms with Gasteiger partial charge < -0.3 is 14.0 Å². The van der Waals surface area contributed by atoms with Crippen LogP contribution in [0.25, 0.3) is 44.1 Å². The van der Waals surface area contributed by atoms with Crippen LogP contribution in [-0.2, 0) is 6.54 Å². The maximum absolute atomic E-state index is 12.0. The van der Waals surface area contributed by atoms with E-state index in [4.69, 9.17) is 9.47 Å². The minimum Gasteiger partial charge on any atom is -0.497 e. The molecule has 0 radical (unpaired) electrons. The van der Waals surface area contributed by atoms with E-state index in [1.807, 2.05) is 36.4 Å². The Kier molecular flexibility index (Phi) is 8.90. The Morgan fingerprint density at radius 3 is 1.53 bits per heavy atom. The standard InChI is InChI=1S/C34H35N3O6/c1-4-5-6-7-8-9-18-35-31-19-23(27-16-12-25(42-2)21-33(27)36(38)39)10-14-29(31)30-15-11-24(20-32(30)35)28-17-13-26(43-3)22-34(28)37(40)41/h10-17,19-22H,4-9,18H2,1-3H3.